The van der Waals surface area contributed by atoms with E-state index in [4.69, 9.17) is 9.47 Å². The lowest BCUT2D eigenvalue weighted by molar-refractivity contribution is -0.0136. The fourth-order valence-electron chi connectivity index (χ4n) is 2.43. The highest BCUT2D eigenvalue weighted by Crippen LogP contribution is 2.19. The van der Waals surface area contributed by atoms with Gasteiger partial charge in [-0.15, -0.1) is 11.3 Å². The molecular formula is C16H27NO2S. The summed E-state index contributed by atoms with van der Waals surface area (Å²) >= 11 is 1.80. The molecule has 1 aliphatic heterocycles. The monoisotopic (exact) mass is 297 g/mol. The van der Waals surface area contributed by atoms with Crippen LogP contribution < -0.4 is 5.32 Å². The van der Waals surface area contributed by atoms with Crippen molar-refractivity contribution in [1.82, 2.24) is 5.32 Å². The molecular weight excluding hydrogens is 270 g/mol. The van der Waals surface area contributed by atoms with Gasteiger partial charge in [0.25, 0.3) is 0 Å². The van der Waals surface area contributed by atoms with Gasteiger partial charge in [-0.3, -0.25) is 0 Å². The van der Waals surface area contributed by atoms with Crippen LogP contribution in [0.4, 0.5) is 0 Å². The number of ether oxygens (including phenoxy) is 2. The van der Waals surface area contributed by atoms with Crippen LogP contribution in [0.2, 0.25) is 0 Å². The Balaban J connectivity index is 1.50. The molecule has 0 saturated carbocycles. The first-order valence-corrected chi connectivity index (χ1v) is 8.58. The van der Waals surface area contributed by atoms with Crippen molar-refractivity contribution in [2.24, 2.45) is 5.92 Å². The lowest BCUT2D eigenvalue weighted by Crippen LogP contribution is -2.30. The summed E-state index contributed by atoms with van der Waals surface area (Å²) < 4.78 is 11.7. The first kappa shape index (κ1) is 16.0. The Hall–Kier alpha value is -0.420. The predicted octanol–water partition coefficient (Wildman–Crippen LogP) is 3.10. The molecule has 2 atom stereocenters. The van der Waals surface area contributed by atoms with Crippen molar-refractivity contribution >= 4 is 11.3 Å². The average molecular weight is 297 g/mol. The van der Waals surface area contributed by atoms with Crippen LogP contribution >= 0.6 is 11.3 Å². The second-order valence-electron chi connectivity index (χ2n) is 5.91. The molecule has 114 valence electrons. The molecule has 1 fully saturated rings. The number of hydrogen-bond donors (Lipinski definition) is 1. The third-order valence-corrected chi connectivity index (χ3v) is 4.43. The largest absolute Gasteiger partial charge is 0.378 e. The van der Waals surface area contributed by atoms with Gasteiger partial charge in [0.05, 0.1) is 25.4 Å². The van der Waals surface area contributed by atoms with Crippen molar-refractivity contribution in [2.75, 3.05) is 26.3 Å². The van der Waals surface area contributed by atoms with Gasteiger partial charge in [-0.1, -0.05) is 19.9 Å². The van der Waals surface area contributed by atoms with E-state index in [2.05, 4.69) is 36.7 Å². The van der Waals surface area contributed by atoms with Crippen molar-refractivity contribution in [1.29, 1.82) is 0 Å². The molecule has 0 spiro atoms. The second-order valence-corrected chi connectivity index (χ2v) is 6.95. The van der Waals surface area contributed by atoms with E-state index < -0.39 is 0 Å². The molecule has 2 heterocycles. The first-order valence-electron chi connectivity index (χ1n) is 7.70. The molecule has 1 aliphatic rings. The van der Waals surface area contributed by atoms with Crippen LogP contribution in [0.15, 0.2) is 17.5 Å². The summed E-state index contributed by atoms with van der Waals surface area (Å²) in [5, 5.41) is 5.58. The quantitative estimate of drug-likeness (QED) is 0.711. The maximum Gasteiger partial charge on any atom is 0.0813 e. The summed E-state index contributed by atoms with van der Waals surface area (Å²) in [5.41, 5.74) is 0. The minimum atomic E-state index is 0.296. The van der Waals surface area contributed by atoms with Crippen molar-refractivity contribution < 1.29 is 9.47 Å². The molecule has 0 aromatic carbocycles. The van der Waals surface area contributed by atoms with Crippen LogP contribution in [0.3, 0.4) is 0 Å². The Morgan fingerprint density at radius 2 is 2.25 bits per heavy atom. The van der Waals surface area contributed by atoms with E-state index in [1.807, 2.05) is 0 Å². The third kappa shape index (κ3) is 5.92. The molecule has 0 radical (unpaired) electrons. The van der Waals surface area contributed by atoms with Gasteiger partial charge < -0.3 is 14.8 Å². The van der Waals surface area contributed by atoms with Crippen LogP contribution in [-0.4, -0.2) is 38.5 Å². The maximum atomic E-state index is 6.00. The summed E-state index contributed by atoms with van der Waals surface area (Å²) in [4.78, 5) is 1.40. The van der Waals surface area contributed by atoms with Crippen LogP contribution in [0.1, 0.15) is 31.6 Å². The summed E-state index contributed by atoms with van der Waals surface area (Å²) in [6.07, 6.45) is 3.98. The fraction of sp³-hybridized carbons (Fsp3) is 0.750. The van der Waals surface area contributed by atoms with Gasteiger partial charge in [0.15, 0.2) is 0 Å². The van der Waals surface area contributed by atoms with Crippen molar-refractivity contribution in [3.63, 3.8) is 0 Å². The molecule has 0 aliphatic carbocycles. The minimum Gasteiger partial charge on any atom is -0.378 e. The van der Waals surface area contributed by atoms with E-state index >= 15 is 0 Å². The molecule has 1 N–H and O–H groups in total. The zero-order chi connectivity index (χ0) is 14.2. The van der Waals surface area contributed by atoms with Crippen LogP contribution in [0, 0.1) is 5.92 Å². The fourth-order valence-corrected chi connectivity index (χ4v) is 3.12. The summed E-state index contributed by atoms with van der Waals surface area (Å²) in [7, 11) is 0. The van der Waals surface area contributed by atoms with Crippen LogP contribution in [-0.2, 0) is 15.9 Å². The molecule has 20 heavy (non-hydrogen) atoms. The molecule has 2 rings (SSSR count). The first-order chi connectivity index (χ1) is 9.74. The summed E-state index contributed by atoms with van der Waals surface area (Å²) in [6.45, 7) is 8.05. The van der Waals surface area contributed by atoms with Crippen molar-refractivity contribution in [3.8, 4) is 0 Å². The van der Waals surface area contributed by atoms with Gasteiger partial charge in [-0.05, 0) is 36.8 Å². The third-order valence-electron chi connectivity index (χ3n) is 3.50. The van der Waals surface area contributed by atoms with Gasteiger partial charge >= 0.3 is 0 Å². The van der Waals surface area contributed by atoms with Crippen molar-refractivity contribution in [3.05, 3.63) is 22.4 Å². The SMILES string of the molecule is CC(C)CNCC1CCC(COCCc2cccs2)O1. The summed E-state index contributed by atoms with van der Waals surface area (Å²) in [6, 6.07) is 4.26. The topological polar surface area (TPSA) is 30.5 Å². The standard InChI is InChI=1S/C16H27NO2S/c1-13(2)10-17-11-14-5-6-15(19-14)12-18-8-7-16-4-3-9-20-16/h3-4,9,13-15,17H,5-8,10-12H2,1-2H3. The molecule has 1 aromatic heterocycles. The lowest BCUT2D eigenvalue weighted by atomic mass is 10.2. The molecule has 1 saturated heterocycles. The Morgan fingerprint density at radius 1 is 1.40 bits per heavy atom. The van der Waals surface area contributed by atoms with Crippen LogP contribution in [0.5, 0.6) is 0 Å². The molecule has 1 aromatic rings. The van der Waals surface area contributed by atoms with Gasteiger partial charge in [0.2, 0.25) is 0 Å². The Labute approximate surface area is 126 Å². The van der Waals surface area contributed by atoms with Gasteiger partial charge in [0.1, 0.15) is 0 Å². The van der Waals surface area contributed by atoms with E-state index in [1.165, 1.54) is 4.88 Å². The number of rotatable bonds is 9. The highest BCUT2D eigenvalue weighted by Gasteiger charge is 2.24. The maximum absolute atomic E-state index is 6.00. The molecule has 3 nitrogen and oxygen atoms in total. The second kappa shape index (κ2) is 8.78. The molecule has 0 bridgehead atoms. The predicted molar refractivity (Wildman–Crippen MR) is 84.4 cm³/mol. The zero-order valence-corrected chi connectivity index (χ0v) is 13.5. The van der Waals surface area contributed by atoms with Gasteiger partial charge in [-0.25, -0.2) is 0 Å². The normalized spacial score (nSPS) is 22.8. The van der Waals surface area contributed by atoms with E-state index in [0.717, 1.165) is 45.6 Å². The lowest BCUT2D eigenvalue weighted by Gasteiger charge is -2.15. The Kier molecular flexibility index (Phi) is 7.00. The van der Waals surface area contributed by atoms with Crippen LogP contribution in [0.25, 0.3) is 0 Å². The highest BCUT2D eigenvalue weighted by atomic mass is 32.1. The number of nitrogens with one attached hydrogen (secondary N) is 1. The van der Waals surface area contributed by atoms with Gasteiger partial charge in [0, 0.05) is 17.8 Å². The smallest absolute Gasteiger partial charge is 0.0813 e. The van der Waals surface area contributed by atoms with E-state index in [1.54, 1.807) is 11.3 Å². The van der Waals surface area contributed by atoms with Gasteiger partial charge in [-0.2, -0.15) is 0 Å². The number of thiophene rings is 1. The Morgan fingerprint density at radius 3 is 3.00 bits per heavy atom. The molecule has 4 heteroatoms. The minimum absolute atomic E-state index is 0.296. The average Bonchev–Trinajstić information content (AvgIpc) is 3.05. The van der Waals surface area contributed by atoms with Crippen molar-refractivity contribution in [2.45, 2.75) is 45.3 Å². The van der Waals surface area contributed by atoms with E-state index in [0.29, 0.717) is 18.1 Å². The summed E-state index contributed by atoms with van der Waals surface area (Å²) in [5.74, 6) is 0.702. The van der Waals surface area contributed by atoms with E-state index in [9.17, 15) is 0 Å². The highest BCUT2D eigenvalue weighted by molar-refractivity contribution is 7.09. The molecule has 2 unspecified atom stereocenters. The number of hydrogen-bond acceptors (Lipinski definition) is 4. The molecule has 0 amide bonds. The van der Waals surface area contributed by atoms with E-state index in [-0.39, 0.29) is 0 Å². The Bertz CT molecular complexity index is 353. The zero-order valence-electron chi connectivity index (χ0n) is 12.6.